The number of piperidine rings is 1. The number of nitriles is 1. The second kappa shape index (κ2) is 6.21. The van der Waals surface area contributed by atoms with Gasteiger partial charge in [0.05, 0.1) is 18.3 Å². The van der Waals surface area contributed by atoms with Crippen LogP contribution in [-0.4, -0.2) is 30.4 Å². The fraction of sp³-hybridized carbons (Fsp3) is 0.706. The second-order valence-electron chi connectivity index (χ2n) is 7.02. The van der Waals surface area contributed by atoms with Crippen LogP contribution in [0.4, 0.5) is 11.5 Å². The summed E-state index contributed by atoms with van der Waals surface area (Å²) in [5, 5.41) is 9.45. The van der Waals surface area contributed by atoms with E-state index in [4.69, 9.17) is 10.5 Å². The number of anilines is 2. The Morgan fingerprint density at radius 2 is 2.09 bits per heavy atom. The molecule has 2 N–H and O–H groups in total. The molecule has 2 fully saturated rings. The fourth-order valence-electron chi connectivity index (χ4n) is 4.02. The molecule has 1 aromatic rings. The average molecular weight is 302 g/mol. The van der Waals surface area contributed by atoms with Crippen molar-refractivity contribution in [2.75, 3.05) is 30.3 Å². The molecule has 3 atom stereocenters. The average Bonchev–Trinajstić information content (AvgIpc) is 3.06. The highest BCUT2D eigenvalue weighted by molar-refractivity contribution is 5.68. The standard InChI is InChI=1S/C17H26N4O/c1-12-6-13(2)10-20(9-12)17-16(19)7-14(8-18)21(17)11-15-4-3-5-22-15/h7,12-13,15H,3-6,9-11,19H2,1-2H3. The van der Waals surface area contributed by atoms with Crippen molar-refractivity contribution in [2.45, 2.75) is 45.8 Å². The number of hydrogen-bond acceptors (Lipinski definition) is 4. The van der Waals surface area contributed by atoms with Crippen LogP contribution < -0.4 is 10.6 Å². The van der Waals surface area contributed by atoms with Crippen molar-refractivity contribution in [1.29, 1.82) is 5.26 Å². The molecule has 22 heavy (non-hydrogen) atoms. The molecule has 0 amide bonds. The molecule has 0 bridgehead atoms. The highest BCUT2D eigenvalue weighted by Crippen LogP contribution is 2.34. The highest BCUT2D eigenvalue weighted by Gasteiger charge is 2.28. The van der Waals surface area contributed by atoms with Gasteiger partial charge in [0.25, 0.3) is 0 Å². The van der Waals surface area contributed by atoms with E-state index in [9.17, 15) is 5.26 Å². The van der Waals surface area contributed by atoms with Gasteiger partial charge in [-0.2, -0.15) is 5.26 Å². The zero-order chi connectivity index (χ0) is 15.7. The minimum atomic E-state index is 0.206. The first-order chi connectivity index (χ1) is 10.6. The number of aromatic nitrogens is 1. The highest BCUT2D eigenvalue weighted by atomic mass is 16.5. The topological polar surface area (TPSA) is 67.2 Å². The van der Waals surface area contributed by atoms with E-state index in [-0.39, 0.29) is 6.10 Å². The predicted octanol–water partition coefficient (Wildman–Crippen LogP) is 2.60. The van der Waals surface area contributed by atoms with Crippen LogP contribution in [0.5, 0.6) is 0 Å². The Hall–Kier alpha value is -1.67. The second-order valence-corrected chi connectivity index (χ2v) is 7.02. The van der Waals surface area contributed by atoms with E-state index < -0.39 is 0 Å². The molecule has 120 valence electrons. The van der Waals surface area contributed by atoms with Gasteiger partial charge in [-0.3, -0.25) is 0 Å². The number of ether oxygens (including phenoxy) is 1. The molecule has 5 nitrogen and oxygen atoms in total. The number of rotatable bonds is 3. The third kappa shape index (κ3) is 2.93. The van der Waals surface area contributed by atoms with Crippen LogP contribution in [0.1, 0.15) is 38.8 Å². The van der Waals surface area contributed by atoms with Crippen LogP contribution in [-0.2, 0) is 11.3 Å². The Balaban J connectivity index is 1.91. The fourth-order valence-corrected chi connectivity index (χ4v) is 4.02. The van der Waals surface area contributed by atoms with E-state index in [1.54, 1.807) is 0 Å². The number of nitrogens with two attached hydrogens (primary N) is 1. The van der Waals surface area contributed by atoms with Gasteiger partial charge in [-0.05, 0) is 37.2 Å². The number of nitrogen functional groups attached to an aromatic ring is 1. The zero-order valence-electron chi connectivity index (χ0n) is 13.6. The van der Waals surface area contributed by atoms with E-state index >= 15 is 0 Å². The maximum Gasteiger partial charge on any atom is 0.133 e. The van der Waals surface area contributed by atoms with Crippen LogP contribution in [0.15, 0.2) is 6.07 Å². The number of nitrogens with zero attached hydrogens (tertiary/aromatic N) is 3. The largest absolute Gasteiger partial charge is 0.396 e. The molecule has 1 aromatic heterocycles. The van der Waals surface area contributed by atoms with Crippen molar-refractivity contribution < 1.29 is 4.74 Å². The van der Waals surface area contributed by atoms with Crippen LogP contribution in [0.3, 0.4) is 0 Å². The number of hydrogen-bond donors (Lipinski definition) is 1. The maximum atomic E-state index is 9.45. The van der Waals surface area contributed by atoms with Gasteiger partial charge in [0, 0.05) is 19.7 Å². The Morgan fingerprint density at radius 3 is 2.68 bits per heavy atom. The summed E-state index contributed by atoms with van der Waals surface area (Å²) in [6, 6.07) is 4.11. The van der Waals surface area contributed by atoms with Gasteiger partial charge in [-0.1, -0.05) is 13.8 Å². The summed E-state index contributed by atoms with van der Waals surface area (Å²) in [5.74, 6) is 2.32. The molecule has 0 radical (unpaired) electrons. The molecule has 3 unspecified atom stereocenters. The van der Waals surface area contributed by atoms with Crippen molar-refractivity contribution >= 4 is 11.5 Å². The monoisotopic (exact) mass is 302 g/mol. The third-order valence-electron chi connectivity index (χ3n) is 4.79. The summed E-state index contributed by atoms with van der Waals surface area (Å²) in [7, 11) is 0. The van der Waals surface area contributed by atoms with E-state index in [1.165, 1.54) is 6.42 Å². The molecular formula is C17H26N4O. The van der Waals surface area contributed by atoms with Gasteiger partial charge < -0.3 is 19.9 Å². The molecule has 0 aromatic carbocycles. The van der Waals surface area contributed by atoms with Crippen LogP contribution in [0.2, 0.25) is 0 Å². The summed E-state index contributed by atoms with van der Waals surface area (Å²) < 4.78 is 7.84. The van der Waals surface area contributed by atoms with Gasteiger partial charge in [0.15, 0.2) is 0 Å². The van der Waals surface area contributed by atoms with E-state index in [0.717, 1.165) is 50.6 Å². The molecular weight excluding hydrogens is 276 g/mol. The summed E-state index contributed by atoms with van der Waals surface area (Å²) >= 11 is 0. The summed E-state index contributed by atoms with van der Waals surface area (Å²) in [6.07, 6.45) is 3.64. The lowest BCUT2D eigenvalue weighted by molar-refractivity contribution is 0.0970. The van der Waals surface area contributed by atoms with Crippen molar-refractivity contribution in [3.63, 3.8) is 0 Å². The minimum Gasteiger partial charge on any atom is -0.396 e. The molecule has 2 aliphatic rings. The Bertz CT molecular complexity index is 558. The Morgan fingerprint density at radius 1 is 1.36 bits per heavy atom. The van der Waals surface area contributed by atoms with Crippen LogP contribution in [0.25, 0.3) is 0 Å². The summed E-state index contributed by atoms with van der Waals surface area (Å²) in [6.45, 7) is 8.16. The van der Waals surface area contributed by atoms with Gasteiger partial charge in [-0.25, -0.2) is 0 Å². The normalized spacial score (nSPS) is 28.8. The lowest BCUT2D eigenvalue weighted by atomic mass is 9.92. The minimum absolute atomic E-state index is 0.206. The van der Waals surface area contributed by atoms with Crippen molar-refractivity contribution in [1.82, 2.24) is 4.57 Å². The summed E-state index contributed by atoms with van der Waals surface area (Å²) in [4.78, 5) is 2.37. The van der Waals surface area contributed by atoms with E-state index in [2.05, 4.69) is 29.4 Å². The molecule has 3 heterocycles. The molecule has 2 saturated heterocycles. The first kappa shape index (κ1) is 15.2. The lowest BCUT2D eigenvalue weighted by Crippen LogP contribution is -2.40. The third-order valence-corrected chi connectivity index (χ3v) is 4.79. The predicted molar refractivity (Wildman–Crippen MR) is 87.7 cm³/mol. The van der Waals surface area contributed by atoms with Crippen LogP contribution >= 0.6 is 0 Å². The SMILES string of the molecule is CC1CC(C)CN(c2c(N)cc(C#N)n2CC2CCCO2)C1. The van der Waals surface area contributed by atoms with Gasteiger partial charge in [-0.15, -0.1) is 0 Å². The van der Waals surface area contributed by atoms with E-state index in [1.807, 2.05) is 6.07 Å². The van der Waals surface area contributed by atoms with Crippen molar-refractivity contribution in [3.8, 4) is 6.07 Å². The first-order valence-electron chi connectivity index (χ1n) is 8.34. The molecule has 5 heteroatoms. The van der Waals surface area contributed by atoms with Gasteiger partial charge in [0.2, 0.25) is 0 Å². The van der Waals surface area contributed by atoms with Gasteiger partial charge >= 0.3 is 0 Å². The molecule has 0 saturated carbocycles. The summed E-state index contributed by atoms with van der Waals surface area (Å²) in [5.41, 5.74) is 7.62. The van der Waals surface area contributed by atoms with Crippen LogP contribution in [0, 0.1) is 23.2 Å². The van der Waals surface area contributed by atoms with Gasteiger partial charge in [0.1, 0.15) is 17.6 Å². The Kier molecular flexibility index (Phi) is 4.30. The first-order valence-corrected chi connectivity index (χ1v) is 8.34. The maximum absolute atomic E-state index is 9.45. The Labute approximate surface area is 132 Å². The molecule has 0 aliphatic carbocycles. The van der Waals surface area contributed by atoms with E-state index in [0.29, 0.717) is 17.5 Å². The molecule has 3 rings (SSSR count). The zero-order valence-corrected chi connectivity index (χ0v) is 13.6. The van der Waals surface area contributed by atoms with Crippen molar-refractivity contribution in [2.24, 2.45) is 11.8 Å². The molecule has 0 spiro atoms. The van der Waals surface area contributed by atoms with Crippen molar-refractivity contribution in [3.05, 3.63) is 11.8 Å². The lowest BCUT2D eigenvalue weighted by Gasteiger charge is -2.37. The molecule has 2 aliphatic heterocycles. The smallest absolute Gasteiger partial charge is 0.133 e. The quantitative estimate of drug-likeness (QED) is 0.932.